The summed E-state index contributed by atoms with van der Waals surface area (Å²) in [4.78, 5) is 11.9. The topological polar surface area (TPSA) is 70.6 Å². The summed E-state index contributed by atoms with van der Waals surface area (Å²) >= 11 is 0. The fourth-order valence-corrected chi connectivity index (χ4v) is 2.13. The largest absolute Gasteiger partial charge is 0.391 e. The summed E-state index contributed by atoms with van der Waals surface area (Å²) in [6.07, 6.45) is -0.0912. The van der Waals surface area contributed by atoms with Gasteiger partial charge in [0.1, 0.15) is 0 Å². The number of carbonyl (C=O) groups is 1. The van der Waals surface area contributed by atoms with E-state index < -0.39 is 6.10 Å². The number of methoxy groups -OCH3 is 1. The van der Waals surface area contributed by atoms with E-state index in [2.05, 4.69) is 24.5 Å². The molecule has 5 nitrogen and oxygen atoms in total. The fourth-order valence-electron chi connectivity index (χ4n) is 2.13. The lowest BCUT2D eigenvalue weighted by atomic mass is 9.98. The van der Waals surface area contributed by atoms with Crippen LogP contribution in [0.1, 0.15) is 37.3 Å². The van der Waals surface area contributed by atoms with Gasteiger partial charge in [0.05, 0.1) is 12.7 Å². The van der Waals surface area contributed by atoms with Gasteiger partial charge in [0.2, 0.25) is 0 Å². The molecule has 1 atom stereocenters. The van der Waals surface area contributed by atoms with Crippen LogP contribution in [0.4, 0.5) is 10.5 Å². The summed E-state index contributed by atoms with van der Waals surface area (Å²) in [7, 11) is 1.54. The van der Waals surface area contributed by atoms with Gasteiger partial charge in [-0.15, -0.1) is 0 Å². The van der Waals surface area contributed by atoms with E-state index in [1.807, 2.05) is 25.1 Å². The zero-order valence-corrected chi connectivity index (χ0v) is 13.3. The third-order valence-corrected chi connectivity index (χ3v) is 3.29. The highest BCUT2D eigenvalue weighted by molar-refractivity contribution is 5.91. The average molecular weight is 294 g/mol. The smallest absolute Gasteiger partial charge is 0.319 e. The number of benzene rings is 1. The number of aryl methyl sites for hydroxylation is 1. The number of anilines is 1. The Bertz CT molecular complexity index is 461. The number of hydrogen-bond donors (Lipinski definition) is 3. The molecule has 0 spiro atoms. The SMILES string of the molecule is COCC(O)CCNC(=O)Nc1c(C)cccc1C(C)C. The highest BCUT2D eigenvalue weighted by atomic mass is 16.5. The van der Waals surface area contributed by atoms with Crippen LogP contribution in [0, 0.1) is 6.92 Å². The second kappa shape index (κ2) is 8.64. The van der Waals surface area contributed by atoms with Crippen LogP contribution in [0.15, 0.2) is 18.2 Å². The quantitative estimate of drug-likeness (QED) is 0.724. The molecule has 5 heteroatoms. The molecule has 1 unspecified atom stereocenters. The van der Waals surface area contributed by atoms with Gasteiger partial charge >= 0.3 is 6.03 Å². The van der Waals surface area contributed by atoms with E-state index in [4.69, 9.17) is 4.74 Å². The molecule has 0 bridgehead atoms. The fraction of sp³-hybridized carbons (Fsp3) is 0.562. The summed E-state index contributed by atoms with van der Waals surface area (Å²) < 4.78 is 4.84. The first-order valence-corrected chi connectivity index (χ1v) is 7.27. The van der Waals surface area contributed by atoms with Crippen LogP contribution in [0.5, 0.6) is 0 Å². The summed E-state index contributed by atoms with van der Waals surface area (Å²) in [6, 6.07) is 5.74. The van der Waals surface area contributed by atoms with E-state index in [-0.39, 0.29) is 12.6 Å². The average Bonchev–Trinajstić information content (AvgIpc) is 2.41. The molecular weight excluding hydrogens is 268 g/mol. The number of aliphatic hydroxyl groups is 1. The molecule has 0 aliphatic carbocycles. The van der Waals surface area contributed by atoms with Crippen LogP contribution in [0.2, 0.25) is 0 Å². The Labute approximate surface area is 126 Å². The summed E-state index contributed by atoms with van der Waals surface area (Å²) in [6.45, 7) is 6.85. The molecule has 0 radical (unpaired) electrons. The molecule has 0 heterocycles. The Balaban J connectivity index is 2.55. The molecule has 21 heavy (non-hydrogen) atoms. The van der Waals surface area contributed by atoms with Crippen molar-refractivity contribution in [1.82, 2.24) is 5.32 Å². The summed E-state index contributed by atoms with van der Waals surface area (Å²) in [5.41, 5.74) is 3.02. The normalized spacial score (nSPS) is 12.3. The number of nitrogens with one attached hydrogen (secondary N) is 2. The number of ether oxygens (including phenoxy) is 1. The molecule has 118 valence electrons. The second-order valence-electron chi connectivity index (χ2n) is 5.47. The Morgan fingerprint density at radius 2 is 2.10 bits per heavy atom. The second-order valence-corrected chi connectivity index (χ2v) is 5.47. The molecule has 2 amide bonds. The van der Waals surface area contributed by atoms with E-state index in [1.54, 1.807) is 0 Å². The Hall–Kier alpha value is -1.59. The van der Waals surface area contributed by atoms with Crippen molar-refractivity contribution in [3.8, 4) is 0 Å². The maximum atomic E-state index is 11.9. The predicted octanol–water partition coefficient (Wildman–Crippen LogP) is 2.64. The van der Waals surface area contributed by atoms with Gasteiger partial charge in [-0.3, -0.25) is 0 Å². The third kappa shape index (κ3) is 5.73. The van der Waals surface area contributed by atoms with Gasteiger partial charge in [-0.25, -0.2) is 4.79 Å². The predicted molar refractivity (Wildman–Crippen MR) is 84.8 cm³/mol. The van der Waals surface area contributed by atoms with Crippen LogP contribution in [0.25, 0.3) is 0 Å². The molecule has 3 N–H and O–H groups in total. The molecule has 0 aliphatic rings. The van der Waals surface area contributed by atoms with Crippen molar-refractivity contribution >= 4 is 11.7 Å². The third-order valence-electron chi connectivity index (χ3n) is 3.29. The number of urea groups is 1. The van der Waals surface area contributed by atoms with Crippen molar-refractivity contribution in [3.63, 3.8) is 0 Å². The van der Waals surface area contributed by atoms with Gasteiger partial charge in [-0.1, -0.05) is 32.0 Å². The van der Waals surface area contributed by atoms with Crippen molar-refractivity contribution in [3.05, 3.63) is 29.3 Å². The summed E-state index contributed by atoms with van der Waals surface area (Å²) in [5.74, 6) is 0.337. The molecular formula is C16H26N2O3. The number of hydrogen-bond acceptors (Lipinski definition) is 3. The van der Waals surface area contributed by atoms with Crippen LogP contribution in [0.3, 0.4) is 0 Å². The first kappa shape index (κ1) is 17.5. The highest BCUT2D eigenvalue weighted by Crippen LogP contribution is 2.27. The molecule has 1 rings (SSSR count). The van der Waals surface area contributed by atoms with Crippen molar-refractivity contribution < 1.29 is 14.6 Å². The number of para-hydroxylation sites is 1. The summed E-state index contributed by atoms with van der Waals surface area (Å²) in [5, 5.41) is 15.2. The molecule has 0 saturated carbocycles. The minimum Gasteiger partial charge on any atom is -0.391 e. The first-order valence-electron chi connectivity index (χ1n) is 7.27. The lowest BCUT2D eigenvalue weighted by molar-refractivity contribution is 0.0599. The molecule has 1 aromatic carbocycles. The first-order chi connectivity index (χ1) is 9.95. The van der Waals surface area contributed by atoms with Gasteiger partial charge in [-0.05, 0) is 30.4 Å². The van der Waals surface area contributed by atoms with Crippen LogP contribution in [-0.2, 0) is 4.74 Å². The minimum absolute atomic E-state index is 0.254. The molecule has 0 aromatic heterocycles. The van der Waals surface area contributed by atoms with E-state index in [0.29, 0.717) is 18.9 Å². The maximum Gasteiger partial charge on any atom is 0.319 e. The van der Waals surface area contributed by atoms with Crippen LogP contribution >= 0.6 is 0 Å². The van der Waals surface area contributed by atoms with E-state index in [0.717, 1.165) is 16.8 Å². The Morgan fingerprint density at radius 3 is 2.71 bits per heavy atom. The van der Waals surface area contributed by atoms with Gasteiger partial charge < -0.3 is 20.5 Å². The minimum atomic E-state index is -0.556. The number of amides is 2. The Kier molecular flexibility index (Phi) is 7.19. The lowest BCUT2D eigenvalue weighted by Crippen LogP contribution is -2.32. The Morgan fingerprint density at radius 1 is 1.38 bits per heavy atom. The number of aliphatic hydroxyl groups excluding tert-OH is 1. The monoisotopic (exact) mass is 294 g/mol. The lowest BCUT2D eigenvalue weighted by Gasteiger charge is -2.17. The van der Waals surface area contributed by atoms with Crippen molar-refractivity contribution in [2.24, 2.45) is 0 Å². The molecule has 0 fully saturated rings. The molecule has 0 aliphatic heterocycles. The number of carbonyl (C=O) groups excluding carboxylic acids is 1. The zero-order valence-electron chi connectivity index (χ0n) is 13.3. The van der Waals surface area contributed by atoms with Gasteiger partial charge in [0.25, 0.3) is 0 Å². The van der Waals surface area contributed by atoms with Crippen LogP contribution in [-0.4, -0.2) is 37.5 Å². The van der Waals surface area contributed by atoms with E-state index in [9.17, 15) is 9.90 Å². The molecule has 1 aromatic rings. The molecule has 0 saturated heterocycles. The van der Waals surface area contributed by atoms with Crippen molar-refractivity contribution in [2.75, 3.05) is 25.6 Å². The van der Waals surface area contributed by atoms with Gasteiger partial charge in [0, 0.05) is 19.3 Å². The van der Waals surface area contributed by atoms with E-state index in [1.165, 1.54) is 7.11 Å². The van der Waals surface area contributed by atoms with Crippen LogP contribution < -0.4 is 10.6 Å². The maximum absolute atomic E-state index is 11.9. The van der Waals surface area contributed by atoms with Crippen molar-refractivity contribution in [2.45, 2.75) is 39.2 Å². The highest BCUT2D eigenvalue weighted by Gasteiger charge is 2.12. The van der Waals surface area contributed by atoms with Crippen molar-refractivity contribution in [1.29, 1.82) is 0 Å². The number of rotatable bonds is 7. The standard InChI is InChI=1S/C16H26N2O3/c1-11(2)14-7-5-6-12(3)15(14)18-16(20)17-9-8-13(19)10-21-4/h5-7,11,13,19H,8-10H2,1-4H3,(H2,17,18,20). The van der Waals surface area contributed by atoms with E-state index >= 15 is 0 Å². The van der Waals surface area contributed by atoms with Gasteiger partial charge in [0.15, 0.2) is 0 Å². The zero-order chi connectivity index (χ0) is 15.8. The van der Waals surface area contributed by atoms with Gasteiger partial charge in [-0.2, -0.15) is 0 Å².